The normalized spacial score (nSPS) is 20.7. The number of carbonyl (C=O) groups is 1. The van der Waals surface area contributed by atoms with Crippen LogP contribution in [0, 0.1) is 0 Å². The van der Waals surface area contributed by atoms with Gasteiger partial charge in [0.05, 0.1) is 6.54 Å². The summed E-state index contributed by atoms with van der Waals surface area (Å²) >= 11 is 5.87. The number of ether oxygens (including phenoxy) is 2. The molecule has 2 aliphatic heterocycles. The molecule has 3 rings (SSSR count). The average molecular weight is 395 g/mol. The number of nitrogens with one attached hydrogen (secondary N) is 1. The second-order valence-corrected chi connectivity index (χ2v) is 7.03. The van der Waals surface area contributed by atoms with E-state index in [-0.39, 0.29) is 12.0 Å². The van der Waals surface area contributed by atoms with Crippen molar-refractivity contribution in [2.45, 2.75) is 18.9 Å². The Morgan fingerprint density at radius 3 is 2.59 bits per heavy atom. The molecule has 1 aromatic rings. The van der Waals surface area contributed by atoms with Crippen LogP contribution in [0.3, 0.4) is 0 Å². The van der Waals surface area contributed by atoms with Gasteiger partial charge in [0.15, 0.2) is 5.96 Å². The van der Waals surface area contributed by atoms with Gasteiger partial charge in [0.2, 0.25) is 0 Å². The highest BCUT2D eigenvalue weighted by Crippen LogP contribution is 2.16. The van der Waals surface area contributed by atoms with Crippen molar-refractivity contribution in [3.63, 3.8) is 0 Å². The first kappa shape index (κ1) is 19.8. The third kappa shape index (κ3) is 5.49. The lowest BCUT2D eigenvalue weighted by molar-refractivity contribution is -0.142. The van der Waals surface area contributed by atoms with Crippen LogP contribution in [0.5, 0.6) is 5.75 Å². The third-order valence-corrected chi connectivity index (χ3v) is 5.03. The smallest absolute Gasteiger partial charge is 0.251 e. The molecule has 0 spiro atoms. The number of amides is 1. The number of halogens is 1. The Morgan fingerprint density at radius 1 is 1.26 bits per heavy atom. The molecule has 2 heterocycles. The summed E-state index contributed by atoms with van der Waals surface area (Å²) in [4.78, 5) is 20.8. The highest BCUT2D eigenvalue weighted by molar-refractivity contribution is 6.30. The van der Waals surface area contributed by atoms with E-state index in [1.165, 1.54) is 0 Å². The number of piperazine rings is 1. The van der Waals surface area contributed by atoms with Gasteiger partial charge in [-0.2, -0.15) is 0 Å². The molecule has 27 heavy (non-hydrogen) atoms. The molecule has 1 aromatic carbocycles. The first-order chi connectivity index (χ1) is 13.2. The Labute approximate surface area is 165 Å². The summed E-state index contributed by atoms with van der Waals surface area (Å²) in [6.45, 7) is 4.78. The molecule has 0 aliphatic carbocycles. The monoisotopic (exact) mass is 394 g/mol. The van der Waals surface area contributed by atoms with E-state index in [9.17, 15) is 4.79 Å². The summed E-state index contributed by atoms with van der Waals surface area (Å²) in [5.41, 5.74) is 0. The summed E-state index contributed by atoms with van der Waals surface area (Å²) in [5.74, 6) is 1.75. The van der Waals surface area contributed by atoms with E-state index >= 15 is 0 Å². The minimum atomic E-state index is -0.237. The van der Waals surface area contributed by atoms with Gasteiger partial charge < -0.3 is 24.6 Å². The lowest BCUT2D eigenvalue weighted by Crippen LogP contribution is -2.55. The largest absolute Gasteiger partial charge is 0.492 e. The molecular weight excluding hydrogens is 368 g/mol. The van der Waals surface area contributed by atoms with Crippen molar-refractivity contribution in [3.05, 3.63) is 29.3 Å². The number of benzene rings is 1. The zero-order chi connectivity index (χ0) is 19.1. The number of rotatable bonds is 5. The Kier molecular flexibility index (Phi) is 7.18. The quantitative estimate of drug-likeness (QED) is 0.467. The Balaban J connectivity index is 1.38. The van der Waals surface area contributed by atoms with Crippen molar-refractivity contribution in [2.75, 3.05) is 53.0 Å². The van der Waals surface area contributed by atoms with Gasteiger partial charge in [-0.1, -0.05) is 11.6 Å². The second-order valence-electron chi connectivity index (χ2n) is 6.59. The minimum Gasteiger partial charge on any atom is -0.492 e. The predicted molar refractivity (Wildman–Crippen MR) is 105 cm³/mol. The average Bonchev–Trinajstić information content (AvgIpc) is 3.24. The predicted octanol–water partition coefficient (Wildman–Crippen LogP) is 1.62. The van der Waals surface area contributed by atoms with E-state index in [0.717, 1.165) is 37.6 Å². The van der Waals surface area contributed by atoms with Crippen molar-refractivity contribution in [3.8, 4) is 5.75 Å². The topological polar surface area (TPSA) is 66.4 Å². The van der Waals surface area contributed by atoms with Gasteiger partial charge in [0.1, 0.15) is 18.5 Å². The van der Waals surface area contributed by atoms with Crippen LogP contribution in [0.15, 0.2) is 29.3 Å². The van der Waals surface area contributed by atoms with Crippen LogP contribution in [-0.4, -0.2) is 80.8 Å². The van der Waals surface area contributed by atoms with Crippen LogP contribution in [0.4, 0.5) is 0 Å². The highest BCUT2D eigenvalue weighted by Gasteiger charge is 2.30. The van der Waals surface area contributed by atoms with E-state index < -0.39 is 0 Å². The number of carbonyl (C=O) groups excluding carboxylic acids is 1. The molecule has 148 valence electrons. The van der Waals surface area contributed by atoms with Crippen molar-refractivity contribution in [2.24, 2.45) is 4.99 Å². The van der Waals surface area contributed by atoms with Crippen molar-refractivity contribution in [1.82, 2.24) is 15.1 Å². The second kappa shape index (κ2) is 9.80. The molecule has 1 unspecified atom stereocenters. The molecule has 0 bridgehead atoms. The highest BCUT2D eigenvalue weighted by atomic mass is 35.5. The maximum absolute atomic E-state index is 12.4. The molecule has 2 saturated heterocycles. The number of guanidine groups is 1. The van der Waals surface area contributed by atoms with Gasteiger partial charge >= 0.3 is 0 Å². The van der Waals surface area contributed by atoms with Gasteiger partial charge in [-0.15, -0.1) is 0 Å². The van der Waals surface area contributed by atoms with E-state index in [0.29, 0.717) is 37.9 Å². The first-order valence-electron chi connectivity index (χ1n) is 9.42. The van der Waals surface area contributed by atoms with E-state index in [2.05, 4.69) is 15.2 Å². The maximum Gasteiger partial charge on any atom is 0.251 e. The fraction of sp³-hybridized carbons (Fsp3) is 0.579. The van der Waals surface area contributed by atoms with Crippen LogP contribution in [0.2, 0.25) is 5.02 Å². The molecule has 1 atom stereocenters. The molecule has 1 amide bonds. The standard InChI is InChI=1S/C19H27ClN4O3/c1-21-19(22-8-14-26-16-6-4-15(20)5-7-16)24-11-9-23(10-12-24)18(25)17-3-2-13-27-17/h4-7,17H,2-3,8-14H2,1H3,(H,21,22). The van der Waals surface area contributed by atoms with Crippen LogP contribution >= 0.6 is 11.6 Å². The van der Waals surface area contributed by atoms with Crippen LogP contribution in [0.1, 0.15) is 12.8 Å². The van der Waals surface area contributed by atoms with Crippen LogP contribution in [-0.2, 0) is 9.53 Å². The van der Waals surface area contributed by atoms with Gasteiger partial charge in [-0.3, -0.25) is 9.79 Å². The Hall–Kier alpha value is -1.99. The summed E-state index contributed by atoms with van der Waals surface area (Å²) in [5, 5.41) is 4.01. The molecular formula is C19H27ClN4O3. The summed E-state index contributed by atoms with van der Waals surface area (Å²) in [7, 11) is 1.77. The van der Waals surface area contributed by atoms with E-state index in [1.807, 2.05) is 17.0 Å². The number of aliphatic imine (C=N–C) groups is 1. The van der Waals surface area contributed by atoms with Gasteiger partial charge in [0, 0.05) is 44.9 Å². The molecule has 2 fully saturated rings. The number of nitrogens with zero attached hydrogens (tertiary/aromatic N) is 3. The van der Waals surface area contributed by atoms with Crippen molar-refractivity contribution < 1.29 is 14.3 Å². The van der Waals surface area contributed by atoms with Crippen LogP contribution < -0.4 is 10.1 Å². The summed E-state index contributed by atoms with van der Waals surface area (Å²) in [6, 6.07) is 7.31. The van der Waals surface area contributed by atoms with Gasteiger partial charge in [-0.25, -0.2) is 0 Å². The molecule has 8 heteroatoms. The summed E-state index contributed by atoms with van der Waals surface area (Å²) in [6.07, 6.45) is 1.58. The molecule has 0 radical (unpaired) electrons. The van der Waals surface area contributed by atoms with Gasteiger partial charge in [-0.05, 0) is 37.1 Å². The lowest BCUT2D eigenvalue weighted by Gasteiger charge is -2.37. The molecule has 0 saturated carbocycles. The SMILES string of the molecule is CN=C(NCCOc1ccc(Cl)cc1)N1CCN(C(=O)C2CCCO2)CC1. The number of hydrogen-bond donors (Lipinski definition) is 1. The zero-order valence-electron chi connectivity index (χ0n) is 15.7. The molecule has 1 N–H and O–H groups in total. The molecule has 2 aliphatic rings. The molecule has 0 aromatic heterocycles. The molecule has 7 nitrogen and oxygen atoms in total. The number of hydrogen-bond acceptors (Lipinski definition) is 4. The van der Waals surface area contributed by atoms with E-state index in [4.69, 9.17) is 21.1 Å². The Morgan fingerprint density at radius 2 is 1.96 bits per heavy atom. The minimum absolute atomic E-state index is 0.131. The van der Waals surface area contributed by atoms with Crippen molar-refractivity contribution in [1.29, 1.82) is 0 Å². The summed E-state index contributed by atoms with van der Waals surface area (Å²) < 4.78 is 11.2. The zero-order valence-corrected chi connectivity index (χ0v) is 16.5. The third-order valence-electron chi connectivity index (χ3n) is 4.78. The lowest BCUT2D eigenvalue weighted by atomic mass is 10.2. The fourth-order valence-electron chi connectivity index (χ4n) is 3.31. The maximum atomic E-state index is 12.4. The fourth-order valence-corrected chi connectivity index (χ4v) is 3.44. The first-order valence-corrected chi connectivity index (χ1v) is 9.79. The van der Waals surface area contributed by atoms with E-state index in [1.54, 1.807) is 19.2 Å². The van der Waals surface area contributed by atoms with Gasteiger partial charge in [0.25, 0.3) is 5.91 Å². The van der Waals surface area contributed by atoms with Crippen LogP contribution in [0.25, 0.3) is 0 Å². The Bertz CT molecular complexity index is 639. The van der Waals surface area contributed by atoms with Crippen molar-refractivity contribution >= 4 is 23.5 Å².